The Morgan fingerprint density at radius 1 is 0.880 bits per heavy atom. The molecule has 2 aliphatic rings. The van der Waals surface area contributed by atoms with Gasteiger partial charge in [0.15, 0.2) is 0 Å². The van der Waals surface area contributed by atoms with Gasteiger partial charge in [0, 0.05) is 0 Å². The third-order valence-electron chi connectivity index (χ3n) is 5.35. The molecule has 2 fully saturated rings. The molecular formula is C17H25N3O5. The van der Waals surface area contributed by atoms with Gasteiger partial charge in [0.25, 0.3) is 0 Å². The Labute approximate surface area is 145 Å². The Morgan fingerprint density at radius 2 is 1.24 bits per heavy atom. The van der Waals surface area contributed by atoms with Crippen LogP contribution in [-0.4, -0.2) is 37.1 Å². The van der Waals surface area contributed by atoms with Crippen molar-refractivity contribution in [3.63, 3.8) is 0 Å². The summed E-state index contributed by atoms with van der Waals surface area (Å²) >= 11 is 0. The SMILES string of the molecule is CC=CCn1c(=O)n(CC2(C)OC2C)c(=O)n(CC2(C)OC2C)c1=O. The monoisotopic (exact) mass is 351 g/mol. The van der Waals surface area contributed by atoms with E-state index in [1.165, 1.54) is 0 Å². The van der Waals surface area contributed by atoms with Gasteiger partial charge in [-0.15, -0.1) is 0 Å². The van der Waals surface area contributed by atoms with Crippen LogP contribution >= 0.6 is 0 Å². The second kappa shape index (κ2) is 5.81. The molecule has 138 valence electrons. The van der Waals surface area contributed by atoms with E-state index in [0.717, 1.165) is 13.7 Å². The molecule has 4 unspecified atom stereocenters. The lowest BCUT2D eigenvalue weighted by atomic mass is 10.1. The van der Waals surface area contributed by atoms with Crippen molar-refractivity contribution >= 4 is 0 Å². The van der Waals surface area contributed by atoms with E-state index >= 15 is 0 Å². The topological polar surface area (TPSA) is 91.1 Å². The van der Waals surface area contributed by atoms with Crippen molar-refractivity contribution < 1.29 is 9.47 Å². The molecule has 0 spiro atoms. The van der Waals surface area contributed by atoms with Crippen molar-refractivity contribution in [3.05, 3.63) is 43.6 Å². The number of rotatable bonds is 6. The van der Waals surface area contributed by atoms with E-state index < -0.39 is 28.3 Å². The van der Waals surface area contributed by atoms with Gasteiger partial charge in [0.2, 0.25) is 0 Å². The third kappa shape index (κ3) is 3.04. The summed E-state index contributed by atoms with van der Waals surface area (Å²) in [5, 5.41) is 0. The number of allylic oxidation sites excluding steroid dienone is 2. The first-order chi connectivity index (χ1) is 11.6. The Bertz CT molecular complexity index is 833. The second-order valence-corrected chi connectivity index (χ2v) is 7.35. The van der Waals surface area contributed by atoms with Gasteiger partial charge in [-0.1, -0.05) is 12.2 Å². The highest BCUT2D eigenvalue weighted by Crippen LogP contribution is 2.37. The minimum Gasteiger partial charge on any atom is -0.365 e. The molecule has 8 heteroatoms. The summed E-state index contributed by atoms with van der Waals surface area (Å²) in [5.74, 6) is 0. The lowest BCUT2D eigenvalue weighted by Crippen LogP contribution is -2.56. The van der Waals surface area contributed by atoms with E-state index in [4.69, 9.17) is 9.47 Å². The molecule has 8 nitrogen and oxygen atoms in total. The summed E-state index contributed by atoms with van der Waals surface area (Å²) in [5.41, 5.74) is -2.95. The standard InChI is InChI=1S/C17H25N3O5/c1-6-7-8-18-13(21)19(9-16(4)11(2)24-16)15(23)20(14(18)22)10-17(5)12(3)25-17/h6-7,11-12H,8-10H2,1-5H3. The number of hydrogen-bond donors (Lipinski definition) is 0. The molecule has 3 rings (SSSR count). The summed E-state index contributed by atoms with van der Waals surface area (Å²) in [7, 11) is 0. The van der Waals surface area contributed by atoms with Gasteiger partial charge in [-0.05, 0) is 34.6 Å². The first kappa shape index (κ1) is 17.9. The summed E-state index contributed by atoms with van der Waals surface area (Å²) in [6.45, 7) is 9.64. The molecule has 0 aromatic carbocycles. The van der Waals surface area contributed by atoms with Crippen LogP contribution in [0.4, 0.5) is 0 Å². The fourth-order valence-corrected chi connectivity index (χ4v) is 3.02. The zero-order valence-corrected chi connectivity index (χ0v) is 15.3. The van der Waals surface area contributed by atoms with Gasteiger partial charge >= 0.3 is 17.1 Å². The average molecular weight is 351 g/mol. The van der Waals surface area contributed by atoms with Crippen LogP contribution < -0.4 is 17.1 Å². The summed E-state index contributed by atoms with van der Waals surface area (Å²) in [6, 6.07) is 0. The molecule has 4 atom stereocenters. The van der Waals surface area contributed by atoms with Crippen LogP contribution in [0.2, 0.25) is 0 Å². The first-order valence-corrected chi connectivity index (χ1v) is 8.54. The largest absolute Gasteiger partial charge is 0.365 e. The summed E-state index contributed by atoms with van der Waals surface area (Å²) < 4.78 is 14.3. The molecule has 3 heterocycles. The normalized spacial score (nSPS) is 33.8. The lowest BCUT2D eigenvalue weighted by molar-refractivity contribution is 0.258. The van der Waals surface area contributed by atoms with E-state index in [1.807, 2.05) is 27.7 Å². The second-order valence-electron chi connectivity index (χ2n) is 7.35. The van der Waals surface area contributed by atoms with Crippen LogP contribution in [0.3, 0.4) is 0 Å². The highest BCUT2D eigenvalue weighted by molar-refractivity contribution is 5.00. The molecule has 1 aromatic heterocycles. The van der Waals surface area contributed by atoms with E-state index in [1.54, 1.807) is 19.1 Å². The van der Waals surface area contributed by atoms with Crippen LogP contribution in [0.1, 0.15) is 34.6 Å². The van der Waals surface area contributed by atoms with Crippen LogP contribution in [0, 0.1) is 0 Å². The number of ether oxygens (including phenoxy) is 2. The molecule has 0 saturated carbocycles. The van der Waals surface area contributed by atoms with Crippen LogP contribution in [0.15, 0.2) is 26.5 Å². The zero-order chi connectivity index (χ0) is 18.6. The van der Waals surface area contributed by atoms with E-state index in [-0.39, 0.29) is 31.8 Å². The minimum atomic E-state index is -0.612. The highest BCUT2D eigenvalue weighted by atomic mass is 16.6. The molecule has 0 aliphatic carbocycles. The lowest BCUT2D eigenvalue weighted by Gasteiger charge is -2.16. The fourth-order valence-electron chi connectivity index (χ4n) is 3.02. The number of hydrogen-bond acceptors (Lipinski definition) is 5. The minimum absolute atomic E-state index is 0.0347. The maximum atomic E-state index is 12.8. The van der Waals surface area contributed by atoms with Gasteiger partial charge in [-0.2, -0.15) is 0 Å². The number of nitrogens with zero attached hydrogens (tertiary/aromatic N) is 3. The van der Waals surface area contributed by atoms with Crippen molar-refractivity contribution in [1.82, 2.24) is 13.7 Å². The zero-order valence-electron chi connectivity index (χ0n) is 15.3. The number of aromatic nitrogens is 3. The van der Waals surface area contributed by atoms with Crippen LogP contribution in [-0.2, 0) is 29.1 Å². The van der Waals surface area contributed by atoms with Crippen LogP contribution in [0.25, 0.3) is 0 Å². The highest BCUT2D eigenvalue weighted by Gasteiger charge is 2.51. The van der Waals surface area contributed by atoms with E-state index in [2.05, 4.69) is 0 Å². The quantitative estimate of drug-likeness (QED) is 0.536. The molecule has 1 aromatic rings. The molecule has 0 amide bonds. The summed E-state index contributed by atoms with van der Waals surface area (Å²) in [6.07, 6.45) is 3.39. The number of epoxide rings is 2. The average Bonchev–Trinajstić information content (AvgIpc) is 3.36. The van der Waals surface area contributed by atoms with Crippen molar-refractivity contribution in [2.75, 3.05) is 0 Å². The third-order valence-corrected chi connectivity index (χ3v) is 5.35. The van der Waals surface area contributed by atoms with Gasteiger partial charge in [-0.25, -0.2) is 28.1 Å². The maximum absolute atomic E-state index is 12.8. The Balaban J connectivity index is 2.12. The van der Waals surface area contributed by atoms with Gasteiger partial charge < -0.3 is 9.47 Å². The predicted molar refractivity (Wildman–Crippen MR) is 91.9 cm³/mol. The molecular weight excluding hydrogens is 326 g/mol. The smallest absolute Gasteiger partial charge is 0.336 e. The molecule has 25 heavy (non-hydrogen) atoms. The first-order valence-electron chi connectivity index (χ1n) is 8.54. The van der Waals surface area contributed by atoms with Crippen LogP contribution in [0.5, 0.6) is 0 Å². The van der Waals surface area contributed by atoms with Crippen molar-refractivity contribution in [1.29, 1.82) is 0 Å². The maximum Gasteiger partial charge on any atom is 0.336 e. The van der Waals surface area contributed by atoms with E-state index in [9.17, 15) is 14.4 Å². The Hall–Kier alpha value is -1.93. The van der Waals surface area contributed by atoms with Gasteiger partial charge in [-0.3, -0.25) is 0 Å². The molecule has 2 aliphatic heterocycles. The predicted octanol–water partition coefficient (Wildman–Crippen LogP) is 0.103. The Kier molecular flexibility index (Phi) is 4.15. The molecule has 0 bridgehead atoms. The van der Waals surface area contributed by atoms with Gasteiger partial charge in [0.05, 0.1) is 31.8 Å². The summed E-state index contributed by atoms with van der Waals surface area (Å²) in [4.78, 5) is 38.3. The fraction of sp³-hybridized carbons (Fsp3) is 0.706. The van der Waals surface area contributed by atoms with Gasteiger partial charge in [0.1, 0.15) is 11.2 Å². The van der Waals surface area contributed by atoms with Crippen molar-refractivity contribution in [3.8, 4) is 0 Å². The van der Waals surface area contributed by atoms with Crippen molar-refractivity contribution in [2.24, 2.45) is 0 Å². The molecule has 0 radical (unpaired) electrons. The molecule has 0 N–H and O–H groups in total. The molecule has 2 saturated heterocycles. The Morgan fingerprint density at radius 3 is 1.56 bits per heavy atom. The van der Waals surface area contributed by atoms with E-state index in [0.29, 0.717) is 0 Å². The van der Waals surface area contributed by atoms with Crippen molar-refractivity contribution in [2.45, 2.75) is 77.7 Å².